The lowest BCUT2D eigenvalue weighted by Gasteiger charge is -2.13. The molecule has 0 aliphatic carbocycles. The van der Waals surface area contributed by atoms with Crippen LogP contribution in [0.3, 0.4) is 0 Å². The van der Waals surface area contributed by atoms with Crippen LogP contribution >= 0.6 is 0 Å². The van der Waals surface area contributed by atoms with E-state index in [4.69, 9.17) is 0 Å². The predicted molar refractivity (Wildman–Crippen MR) is 71.6 cm³/mol. The molecule has 0 atom stereocenters. The first-order valence-corrected chi connectivity index (χ1v) is 6.17. The van der Waals surface area contributed by atoms with Crippen molar-refractivity contribution in [2.24, 2.45) is 0 Å². The molecule has 2 rings (SSSR count). The Hall–Kier alpha value is -2.24. The molecule has 2 nitrogen and oxygen atoms in total. The van der Waals surface area contributed by atoms with E-state index < -0.39 is 17.6 Å². The molecule has 0 heterocycles. The fourth-order valence-electron chi connectivity index (χ4n) is 1.89. The highest BCUT2D eigenvalue weighted by atomic mass is 19.4. The minimum Gasteiger partial charge on any atom is -0.507 e. The number of benzene rings is 2. The summed E-state index contributed by atoms with van der Waals surface area (Å²) in [4.78, 5) is 0. The van der Waals surface area contributed by atoms with Gasteiger partial charge in [-0.2, -0.15) is 13.2 Å². The number of hydrogen-bond acceptors (Lipinski definition) is 2. The van der Waals surface area contributed by atoms with Gasteiger partial charge in [0.15, 0.2) is 0 Å². The molecule has 0 radical (unpaired) electrons. The topological polar surface area (TPSA) is 32.3 Å². The van der Waals surface area contributed by atoms with Gasteiger partial charge in [0.1, 0.15) is 11.6 Å². The lowest BCUT2D eigenvalue weighted by Crippen LogP contribution is -2.08. The Balaban J connectivity index is 2.22. The van der Waals surface area contributed by atoms with E-state index in [2.05, 4.69) is 5.32 Å². The Kier molecular flexibility index (Phi) is 4.06. The van der Waals surface area contributed by atoms with Crippen LogP contribution in [-0.2, 0) is 12.7 Å². The van der Waals surface area contributed by atoms with E-state index in [0.717, 1.165) is 6.07 Å². The lowest BCUT2D eigenvalue weighted by atomic mass is 10.1. The molecule has 0 saturated heterocycles. The Morgan fingerprint density at radius 3 is 2.52 bits per heavy atom. The minimum atomic E-state index is -4.53. The van der Waals surface area contributed by atoms with Crippen molar-refractivity contribution in [1.82, 2.24) is 0 Å². The van der Waals surface area contributed by atoms with Gasteiger partial charge in [-0.05, 0) is 30.7 Å². The monoisotopic (exact) mass is 299 g/mol. The maximum atomic E-state index is 13.5. The molecule has 0 aliphatic heterocycles. The molecule has 2 aromatic rings. The van der Waals surface area contributed by atoms with Crippen molar-refractivity contribution < 1.29 is 22.7 Å². The third kappa shape index (κ3) is 3.45. The molecule has 21 heavy (non-hydrogen) atoms. The van der Waals surface area contributed by atoms with Gasteiger partial charge in [0.25, 0.3) is 0 Å². The standard InChI is InChI=1S/C15H13F4NO/c1-9-3-2-4-10(14(9)21)8-20-13-7-11(15(17,18)19)5-6-12(13)16/h2-7,20-21H,8H2,1H3. The van der Waals surface area contributed by atoms with Crippen LogP contribution in [0.4, 0.5) is 23.2 Å². The van der Waals surface area contributed by atoms with Gasteiger partial charge >= 0.3 is 6.18 Å². The van der Waals surface area contributed by atoms with Crippen LogP contribution in [0, 0.1) is 12.7 Å². The summed E-state index contributed by atoms with van der Waals surface area (Å²) >= 11 is 0. The summed E-state index contributed by atoms with van der Waals surface area (Å²) in [6.07, 6.45) is -4.53. The van der Waals surface area contributed by atoms with Gasteiger partial charge in [-0.3, -0.25) is 0 Å². The van der Waals surface area contributed by atoms with E-state index in [1.807, 2.05) is 0 Å². The van der Waals surface area contributed by atoms with Crippen molar-refractivity contribution in [1.29, 1.82) is 0 Å². The van der Waals surface area contributed by atoms with Crippen LogP contribution in [0.5, 0.6) is 5.75 Å². The highest BCUT2D eigenvalue weighted by molar-refractivity contribution is 5.50. The number of halogens is 4. The van der Waals surface area contributed by atoms with Gasteiger partial charge in [-0.1, -0.05) is 18.2 Å². The molecule has 0 spiro atoms. The number of phenols is 1. The van der Waals surface area contributed by atoms with Gasteiger partial charge in [-0.15, -0.1) is 0 Å². The van der Waals surface area contributed by atoms with Crippen molar-refractivity contribution in [3.63, 3.8) is 0 Å². The van der Waals surface area contributed by atoms with Crippen molar-refractivity contribution in [3.05, 3.63) is 58.9 Å². The first-order chi connectivity index (χ1) is 9.79. The molecule has 0 aliphatic rings. The third-order valence-corrected chi connectivity index (χ3v) is 3.08. The predicted octanol–water partition coefficient (Wildman–Crippen LogP) is 4.47. The number of aryl methyl sites for hydroxylation is 1. The molecule has 6 heteroatoms. The highest BCUT2D eigenvalue weighted by Crippen LogP contribution is 2.32. The van der Waals surface area contributed by atoms with Crippen molar-refractivity contribution >= 4 is 5.69 Å². The quantitative estimate of drug-likeness (QED) is 0.820. The normalized spacial score (nSPS) is 11.5. The molecule has 0 aromatic heterocycles. The largest absolute Gasteiger partial charge is 0.507 e. The van der Waals surface area contributed by atoms with Gasteiger partial charge in [0.05, 0.1) is 11.3 Å². The molecule has 2 N–H and O–H groups in total. The maximum Gasteiger partial charge on any atom is 0.416 e. The summed E-state index contributed by atoms with van der Waals surface area (Å²) in [6, 6.07) is 7.17. The van der Waals surface area contributed by atoms with E-state index >= 15 is 0 Å². The van der Waals surface area contributed by atoms with Crippen molar-refractivity contribution in [2.75, 3.05) is 5.32 Å². The third-order valence-electron chi connectivity index (χ3n) is 3.08. The molecule has 112 valence electrons. The van der Waals surface area contributed by atoms with Crippen molar-refractivity contribution in [3.8, 4) is 5.75 Å². The summed E-state index contributed by atoms with van der Waals surface area (Å²) in [5.41, 5.74) is -0.0729. The Labute approximate surface area is 119 Å². The Morgan fingerprint density at radius 2 is 1.86 bits per heavy atom. The molecule has 0 unspecified atom stereocenters. The van der Waals surface area contributed by atoms with Gasteiger partial charge in [-0.25, -0.2) is 4.39 Å². The number of rotatable bonds is 3. The SMILES string of the molecule is Cc1cccc(CNc2cc(C(F)(F)F)ccc2F)c1O. The van der Waals surface area contributed by atoms with Crippen LogP contribution < -0.4 is 5.32 Å². The van der Waals surface area contributed by atoms with Crippen LogP contribution in [0.15, 0.2) is 36.4 Å². The highest BCUT2D eigenvalue weighted by Gasteiger charge is 2.31. The fourth-order valence-corrected chi connectivity index (χ4v) is 1.89. The molecule has 0 saturated carbocycles. The van der Waals surface area contributed by atoms with Gasteiger partial charge in [0.2, 0.25) is 0 Å². The Morgan fingerprint density at radius 1 is 1.14 bits per heavy atom. The lowest BCUT2D eigenvalue weighted by molar-refractivity contribution is -0.137. The number of aromatic hydroxyl groups is 1. The van der Waals surface area contributed by atoms with Crippen LogP contribution in [0.2, 0.25) is 0 Å². The Bertz CT molecular complexity index is 653. The van der Waals surface area contributed by atoms with E-state index in [1.54, 1.807) is 25.1 Å². The first kappa shape index (κ1) is 15.2. The average Bonchev–Trinajstić information content (AvgIpc) is 2.40. The zero-order valence-electron chi connectivity index (χ0n) is 11.1. The summed E-state index contributed by atoms with van der Waals surface area (Å²) in [6.45, 7) is 1.72. The second-order valence-corrected chi connectivity index (χ2v) is 4.63. The number of phenolic OH excluding ortho intramolecular Hbond substituents is 1. The van der Waals surface area contributed by atoms with Gasteiger partial charge < -0.3 is 10.4 Å². The van der Waals surface area contributed by atoms with E-state index in [1.165, 1.54) is 0 Å². The summed E-state index contributed by atoms with van der Waals surface area (Å²) in [7, 11) is 0. The molecular formula is C15H13F4NO. The summed E-state index contributed by atoms with van der Waals surface area (Å²) in [5, 5.41) is 12.4. The zero-order chi connectivity index (χ0) is 15.6. The second kappa shape index (κ2) is 5.63. The zero-order valence-corrected chi connectivity index (χ0v) is 11.1. The number of nitrogens with one attached hydrogen (secondary N) is 1. The van der Waals surface area contributed by atoms with E-state index in [0.29, 0.717) is 23.3 Å². The smallest absolute Gasteiger partial charge is 0.416 e. The number of para-hydroxylation sites is 1. The maximum absolute atomic E-state index is 13.5. The van der Waals surface area contributed by atoms with E-state index in [-0.39, 0.29) is 18.0 Å². The second-order valence-electron chi connectivity index (χ2n) is 4.63. The van der Waals surface area contributed by atoms with Crippen LogP contribution in [0.1, 0.15) is 16.7 Å². The summed E-state index contributed by atoms with van der Waals surface area (Å²) in [5.74, 6) is -0.743. The van der Waals surface area contributed by atoms with Crippen LogP contribution in [-0.4, -0.2) is 5.11 Å². The fraction of sp³-hybridized carbons (Fsp3) is 0.200. The summed E-state index contributed by atoms with van der Waals surface area (Å²) < 4.78 is 51.3. The molecule has 0 amide bonds. The number of alkyl halides is 3. The van der Waals surface area contributed by atoms with E-state index in [9.17, 15) is 22.7 Å². The molecule has 2 aromatic carbocycles. The van der Waals surface area contributed by atoms with Crippen molar-refractivity contribution in [2.45, 2.75) is 19.6 Å². The molecular weight excluding hydrogens is 286 g/mol. The number of hydrogen-bond donors (Lipinski definition) is 2. The van der Waals surface area contributed by atoms with Gasteiger partial charge in [0, 0.05) is 12.1 Å². The first-order valence-electron chi connectivity index (χ1n) is 6.17. The minimum absolute atomic E-state index is 0.0196. The molecule has 0 fully saturated rings. The van der Waals surface area contributed by atoms with Crippen LogP contribution in [0.25, 0.3) is 0 Å². The molecule has 0 bridgehead atoms. The average molecular weight is 299 g/mol. The number of anilines is 1.